The van der Waals surface area contributed by atoms with Crippen molar-refractivity contribution in [1.29, 1.82) is 0 Å². The third-order valence-electron chi connectivity index (χ3n) is 4.18. The summed E-state index contributed by atoms with van der Waals surface area (Å²) >= 11 is 13.9. The van der Waals surface area contributed by atoms with E-state index in [4.69, 9.17) is 21.1 Å². The zero-order valence-corrected chi connectivity index (χ0v) is 21.8. The van der Waals surface area contributed by atoms with Crippen molar-refractivity contribution in [3.63, 3.8) is 0 Å². The molecule has 1 saturated heterocycles. The quantitative estimate of drug-likeness (QED) is 0.268. The van der Waals surface area contributed by atoms with Crippen LogP contribution in [0.25, 0.3) is 6.08 Å². The Balaban J connectivity index is 1.74. The van der Waals surface area contributed by atoms with Crippen LogP contribution >= 0.6 is 55.2 Å². The maximum atomic E-state index is 12.6. The second kappa shape index (κ2) is 10.9. The van der Waals surface area contributed by atoms with Crippen LogP contribution < -0.4 is 4.74 Å². The monoisotopic (exact) mass is 601 g/mol. The molecule has 1 heterocycles. The molecule has 0 aliphatic carbocycles. The predicted molar refractivity (Wildman–Crippen MR) is 132 cm³/mol. The summed E-state index contributed by atoms with van der Waals surface area (Å²) in [6.45, 7) is 3.26. The molecule has 10 heteroatoms. The molecular weight excluding hydrogens is 586 g/mol. The highest BCUT2D eigenvalue weighted by atomic mass is 79.9. The van der Waals surface area contributed by atoms with Gasteiger partial charge in [-0.2, -0.15) is 0 Å². The molecule has 1 fully saturated rings. The van der Waals surface area contributed by atoms with E-state index >= 15 is 0 Å². The van der Waals surface area contributed by atoms with E-state index in [9.17, 15) is 14.4 Å². The normalized spacial score (nSPS) is 15.1. The Labute approximate surface area is 211 Å². The molecule has 6 nitrogen and oxygen atoms in total. The number of ether oxygens (including phenoxy) is 2. The Kier molecular flexibility index (Phi) is 8.43. The van der Waals surface area contributed by atoms with Crippen molar-refractivity contribution in [1.82, 2.24) is 4.90 Å². The number of carbonyl (C=O) groups excluding carboxylic acids is 3. The largest absolute Gasteiger partial charge is 0.486 e. The van der Waals surface area contributed by atoms with Gasteiger partial charge in [-0.25, -0.2) is 0 Å². The Hall–Kier alpha value is -1.81. The molecule has 0 unspecified atom stereocenters. The number of thioether (sulfide) groups is 1. The summed E-state index contributed by atoms with van der Waals surface area (Å²) in [5.41, 5.74) is 1.52. The highest BCUT2D eigenvalue weighted by Crippen LogP contribution is 2.38. The van der Waals surface area contributed by atoms with Gasteiger partial charge in [0, 0.05) is 10.6 Å². The van der Waals surface area contributed by atoms with Crippen molar-refractivity contribution < 1.29 is 23.9 Å². The van der Waals surface area contributed by atoms with E-state index in [0.717, 1.165) is 22.2 Å². The summed E-state index contributed by atoms with van der Waals surface area (Å²) in [6, 6.07) is 10.9. The van der Waals surface area contributed by atoms with Crippen LogP contribution in [0.3, 0.4) is 0 Å². The van der Waals surface area contributed by atoms with E-state index in [1.165, 1.54) is 0 Å². The molecule has 32 heavy (non-hydrogen) atoms. The molecule has 0 spiro atoms. The first kappa shape index (κ1) is 24.8. The molecule has 3 rings (SSSR count). The topological polar surface area (TPSA) is 72.9 Å². The minimum Gasteiger partial charge on any atom is -0.486 e. The molecule has 2 amide bonds. The van der Waals surface area contributed by atoms with E-state index in [0.29, 0.717) is 25.3 Å². The maximum absolute atomic E-state index is 12.6. The van der Waals surface area contributed by atoms with Gasteiger partial charge in [0.2, 0.25) is 0 Å². The van der Waals surface area contributed by atoms with Crippen LogP contribution in [0.15, 0.2) is 50.2 Å². The molecular formula is C22H18Br2ClNO5S. The highest BCUT2D eigenvalue weighted by molar-refractivity contribution is 9.11. The van der Waals surface area contributed by atoms with Crippen molar-refractivity contribution in [3.05, 3.63) is 66.4 Å². The van der Waals surface area contributed by atoms with Gasteiger partial charge >= 0.3 is 5.97 Å². The average Bonchev–Trinajstić information content (AvgIpc) is 2.95. The number of halogens is 3. The standard InChI is InChI=1S/C22H18Br2ClNO5S/c1-12(2)31-19(27)10-26-21(28)18(32-22(26)29)9-13-7-15(23)20(16(24)8-13)30-11-14-5-3-4-6-17(14)25/h3-9,12H,10-11H2,1-2H3/b18-9+. The highest BCUT2D eigenvalue weighted by Gasteiger charge is 2.36. The van der Waals surface area contributed by atoms with Gasteiger partial charge in [0.25, 0.3) is 11.1 Å². The van der Waals surface area contributed by atoms with Crippen molar-refractivity contribution in [2.45, 2.75) is 26.6 Å². The first-order valence-corrected chi connectivity index (χ1v) is 12.2. The fourth-order valence-electron chi connectivity index (χ4n) is 2.78. The van der Waals surface area contributed by atoms with Crippen LogP contribution in [0.4, 0.5) is 4.79 Å². The third kappa shape index (κ3) is 6.15. The summed E-state index contributed by atoms with van der Waals surface area (Å²) in [7, 11) is 0. The molecule has 2 aromatic rings. The molecule has 0 saturated carbocycles. The summed E-state index contributed by atoms with van der Waals surface area (Å²) in [4.78, 5) is 37.8. The number of rotatable bonds is 7. The predicted octanol–water partition coefficient (Wildman–Crippen LogP) is 6.43. The molecule has 168 valence electrons. The number of carbonyl (C=O) groups is 3. The first-order chi connectivity index (χ1) is 15.2. The fourth-order valence-corrected chi connectivity index (χ4v) is 5.26. The number of nitrogens with zero attached hydrogens (tertiary/aromatic N) is 1. The van der Waals surface area contributed by atoms with E-state index < -0.39 is 23.7 Å². The lowest BCUT2D eigenvalue weighted by Crippen LogP contribution is -2.35. The summed E-state index contributed by atoms with van der Waals surface area (Å²) < 4.78 is 12.2. The minimum absolute atomic E-state index is 0.218. The smallest absolute Gasteiger partial charge is 0.326 e. The molecule has 1 aliphatic heterocycles. The lowest BCUT2D eigenvalue weighted by Gasteiger charge is -2.13. The van der Waals surface area contributed by atoms with Gasteiger partial charge < -0.3 is 9.47 Å². The summed E-state index contributed by atoms with van der Waals surface area (Å²) in [6.07, 6.45) is 1.26. The number of hydrogen-bond acceptors (Lipinski definition) is 6. The molecule has 1 aliphatic rings. The van der Waals surface area contributed by atoms with Gasteiger partial charge in [-0.15, -0.1) is 0 Å². The fraction of sp³-hybridized carbons (Fsp3) is 0.227. The van der Waals surface area contributed by atoms with Gasteiger partial charge in [0.1, 0.15) is 18.9 Å². The minimum atomic E-state index is -0.630. The van der Waals surface area contributed by atoms with E-state index in [2.05, 4.69) is 31.9 Å². The SMILES string of the molecule is CC(C)OC(=O)CN1C(=O)S/C(=C/c2cc(Br)c(OCc3ccccc3Cl)c(Br)c2)C1=O. The molecule has 2 aromatic carbocycles. The van der Waals surface area contributed by atoms with E-state index in [-0.39, 0.29) is 17.6 Å². The molecule has 0 atom stereocenters. The van der Waals surface area contributed by atoms with Crippen molar-refractivity contribution in [3.8, 4) is 5.75 Å². The van der Waals surface area contributed by atoms with Crippen LogP contribution in [0.1, 0.15) is 25.0 Å². The van der Waals surface area contributed by atoms with Crippen LogP contribution in [-0.2, 0) is 20.9 Å². The second-order valence-electron chi connectivity index (χ2n) is 7.00. The number of hydrogen-bond donors (Lipinski definition) is 0. The van der Waals surface area contributed by atoms with Crippen LogP contribution in [0, 0.1) is 0 Å². The Bertz CT molecular complexity index is 1080. The zero-order chi connectivity index (χ0) is 23.4. The maximum Gasteiger partial charge on any atom is 0.326 e. The van der Waals surface area contributed by atoms with Gasteiger partial charge in [0.05, 0.1) is 20.0 Å². The van der Waals surface area contributed by atoms with Gasteiger partial charge in [-0.1, -0.05) is 29.8 Å². The summed E-state index contributed by atoms with van der Waals surface area (Å²) in [5.74, 6) is -0.590. The van der Waals surface area contributed by atoms with Crippen LogP contribution in [0.2, 0.25) is 5.02 Å². The summed E-state index contributed by atoms with van der Waals surface area (Å²) in [5, 5.41) is 0.101. The molecule has 0 N–H and O–H groups in total. The van der Waals surface area contributed by atoms with Gasteiger partial charge in [-0.3, -0.25) is 19.3 Å². The second-order valence-corrected chi connectivity index (χ2v) is 10.1. The molecule has 0 aromatic heterocycles. The Morgan fingerprint density at radius 1 is 1.19 bits per heavy atom. The van der Waals surface area contributed by atoms with Crippen molar-refractivity contribution in [2.24, 2.45) is 0 Å². The number of benzene rings is 2. The van der Waals surface area contributed by atoms with Gasteiger partial charge in [0.15, 0.2) is 0 Å². The lowest BCUT2D eigenvalue weighted by molar-refractivity contribution is -0.149. The number of amides is 2. The van der Waals surface area contributed by atoms with Crippen molar-refractivity contribution in [2.75, 3.05) is 6.54 Å². The van der Waals surface area contributed by atoms with Gasteiger partial charge in [-0.05, 0) is 87.3 Å². The third-order valence-corrected chi connectivity index (χ3v) is 6.63. The lowest BCUT2D eigenvalue weighted by atomic mass is 10.2. The van der Waals surface area contributed by atoms with Crippen molar-refractivity contribution >= 4 is 78.4 Å². The Morgan fingerprint density at radius 2 is 1.84 bits per heavy atom. The molecule has 0 radical (unpaired) electrons. The molecule has 0 bridgehead atoms. The first-order valence-electron chi connectivity index (χ1n) is 9.45. The number of esters is 1. The average molecular weight is 604 g/mol. The zero-order valence-electron chi connectivity index (χ0n) is 17.1. The van der Waals surface area contributed by atoms with E-state index in [1.54, 1.807) is 38.1 Å². The Morgan fingerprint density at radius 3 is 2.47 bits per heavy atom. The van der Waals surface area contributed by atoms with Crippen LogP contribution in [0.5, 0.6) is 5.75 Å². The van der Waals surface area contributed by atoms with E-state index in [1.807, 2.05) is 18.2 Å². The number of imide groups is 1. The van der Waals surface area contributed by atoms with Crippen LogP contribution in [-0.4, -0.2) is 34.7 Å².